The number of carbonyl (C=O) groups is 1. The molecule has 0 unspecified atom stereocenters. The van der Waals surface area contributed by atoms with Gasteiger partial charge in [-0.15, -0.1) is 0 Å². The number of nitrogens with zero attached hydrogens (tertiary/aromatic N) is 2. The number of hydrogen-bond donors (Lipinski definition) is 0. The van der Waals surface area contributed by atoms with Crippen LogP contribution in [0.1, 0.15) is 45.1 Å². The van der Waals surface area contributed by atoms with Gasteiger partial charge in [0.2, 0.25) is 5.91 Å². The van der Waals surface area contributed by atoms with Crippen LogP contribution in [-0.2, 0) is 11.3 Å². The minimum atomic E-state index is 0.185. The molecule has 0 bridgehead atoms. The van der Waals surface area contributed by atoms with Crippen LogP contribution in [0.15, 0.2) is 24.3 Å². The Morgan fingerprint density at radius 1 is 1.12 bits per heavy atom. The first kappa shape index (κ1) is 18.8. The molecule has 1 aliphatic carbocycles. The second-order valence-corrected chi connectivity index (χ2v) is 7.16. The highest BCUT2D eigenvalue weighted by Gasteiger charge is 2.23. The molecule has 1 fully saturated rings. The van der Waals surface area contributed by atoms with E-state index in [9.17, 15) is 4.79 Å². The van der Waals surface area contributed by atoms with E-state index in [0.29, 0.717) is 25.7 Å². The summed E-state index contributed by atoms with van der Waals surface area (Å²) in [5.74, 6) is 1.90. The quantitative estimate of drug-likeness (QED) is 0.765. The molecule has 24 heavy (non-hydrogen) atoms. The molecule has 0 aromatic heterocycles. The van der Waals surface area contributed by atoms with Crippen molar-refractivity contribution >= 4 is 5.91 Å². The fraction of sp³-hybridized carbons (Fsp3) is 0.650. The van der Waals surface area contributed by atoms with Gasteiger partial charge < -0.3 is 9.64 Å². The average molecular weight is 332 g/mol. The smallest absolute Gasteiger partial charge is 0.236 e. The fourth-order valence-electron chi connectivity index (χ4n) is 3.37. The first-order valence-electron chi connectivity index (χ1n) is 9.15. The zero-order valence-corrected chi connectivity index (χ0v) is 15.6. The highest BCUT2D eigenvalue weighted by atomic mass is 16.5. The summed E-state index contributed by atoms with van der Waals surface area (Å²) in [6, 6.07) is 8.55. The van der Waals surface area contributed by atoms with Crippen molar-refractivity contribution in [2.45, 2.75) is 52.1 Å². The van der Waals surface area contributed by atoms with Crippen LogP contribution < -0.4 is 4.74 Å². The van der Waals surface area contributed by atoms with Gasteiger partial charge in [-0.25, -0.2) is 0 Å². The molecule has 0 spiro atoms. The van der Waals surface area contributed by atoms with Gasteiger partial charge in [-0.1, -0.05) is 19.1 Å². The van der Waals surface area contributed by atoms with Crippen molar-refractivity contribution in [2.75, 3.05) is 27.2 Å². The second kappa shape index (κ2) is 9.07. The van der Waals surface area contributed by atoms with Crippen LogP contribution in [0.2, 0.25) is 0 Å². The average Bonchev–Trinajstić information content (AvgIpc) is 2.57. The van der Waals surface area contributed by atoms with Crippen molar-refractivity contribution in [3.8, 4) is 5.75 Å². The Kier molecular flexibility index (Phi) is 7.10. The Labute approximate surface area is 146 Å². The normalized spacial score (nSPS) is 20.9. The molecular formula is C20H32N2O2. The third-order valence-corrected chi connectivity index (χ3v) is 5.07. The minimum absolute atomic E-state index is 0.185. The van der Waals surface area contributed by atoms with Crippen molar-refractivity contribution in [3.63, 3.8) is 0 Å². The van der Waals surface area contributed by atoms with E-state index in [1.807, 2.05) is 43.1 Å². The third-order valence-electron chi connectivity index (χ3n) is 5.07. The van der Waals surface area contributed by atoms with Gasteiger partial charge >= 0.3 is 0 Å². The standard InChI is InChI=1S/C20H32N2O2/c1-5-24-19-12-8-17(9-13-19)14-22(4)20(23)15-21(3)18-10-6-16(2)7-11-18/h8-9,12-13,16,18H,5-7,10-11,14-15H2,1-4H3. The van der Waals surface area contributed by atoms with Crippen LogP contribution >= 0.6 is 0 Å². The lowest BCUT2D eigenvalue weighted by Crippen LogP contribution is -2.42. The molecule has 0 atom stereocenters. The molecule has 0 radical (unpaired) electrons. The molecule has 4 nitrogen and oxygen atoms in total. The van der Waals surface area contributed by atoms with E-state index >= 15 is 0 Å². The highest BCUT2D eigenvalue weighted by molar-refractivity contribution is 5.78. The van der Waals surface area contributed by atoms with Crippen molar-refractivity contribution in [2.24, 2.45) is 5.92 Å². The summed E-state index contributed by atoms with van der Waals surface area (Å²) in [6.07, 6.45) is 5.00. The lowest BCUT2D eigenvalue weighted by atomic mass is 9.87. The molecule has 1 saturated carbocycles. The highest BCUT2D eigenvalue weighted by Crippen LogP contribution is 2.26. The fourth-order valence-corrected chi connectivity index (χ4v) is 3.37. The van der Waals surface area contributed by atoms with Crippen molar-refractivity contribution < 1.29 is 9.53 Å². The molecule has 1 aliphatic rings. The number of likely N-dealkylation sites (N-methyl/N-ethyl adjacent to an activating group) is 2. The third kappa shape index (κ3) is 5.52. The molecule has 0 heterocycles. The van der Waals surface area contributed by atoms with Crippen LogP contribution in [-0.4, -0.2) is 49.0 Å². The Bertz CT molecular complexity index is 507. The molecule has 1 amide bonds. The van der Waals surface area contributed by atoms with Gasteiger partial charge in [-0.2, -0.15) is 0 Å². The summed E-state index contributed by atoms with van der Waals surface area (Å²) >= 11 is 0. The largest absolute Gasteiger partial charge is 0.494 e. The number of benzene rings is 1. The monoisotopic (exact) mass is 332 g/mol. The van der Waals surface area contributed by atoms with E-state index < -0.39 is 0 Å². The maximum atomic E-state index is 12.5. The van der Waals surface area contributed by atoms with E-state index in [4.69, 9.17) is 4.74 Å². The lowest BCUT2D eigenvalue weighted by Gasteiger charge is -2.34. The van der Waals surface area contributed by atoms with Crippen molar-refractivity contribution in [1.82, 2.24) is 9.80 Å². The van der Waals surface area contributed by atoms with Crippen LogP contribution in [0.4, 0.5) is 0 Å². The summed E-state index contributed by atoms with van der Waals surface area (Å²) in [5.41, 5.74) is 1.13. The summed E-state index contributed by atoms with van der Waals surface area (Å²) < 4.78 is 5.45. The number of ether oxygens (including phenoxy) is 1. The van der Waals surface area contributed by atoms with E-state index in [1.165, 1.54) is 25.7 Å². The topological polar surface area (TPSA) is 32.8 Å². The maximum absolute atomic E-state index is 12.5. The summed E-state index contributed by atoms with van der Waals surface area (Å²) in [4.78, 5) is 16.5. The molecular weight excluding hydrogens is 300 g/mol. The van der Waals surface area contributed by atoms with Crippen LogP contribution in [0.5, 0.6) is 5.75 Å². The first-order valence-corrected chi connectivity index (χ1v) is 9.15. The summed E-state index contributed by atoms with van der Waals surface area (Å²) in [7, 11) is 3.97. The van der Waals surface area contributed by atoms with Crippen molar-refractivity contribution in [1.29, 1.82) is 0 Å². The summed E-state index contributed by atoms with van der Waals surface area (Å²) in [6.45, 7) is 6.12. The Morgan fingerprint density at radius 3 is 2.33 bits per heavy atom. The molecule has 2 rings (SSSR count). The Hall–Kier alpha value is -1.55. The van der Waals surface area contributed by atoms with E-state index in [1.54, 1.807) is 0 Å². The van der Waals surface area contributed by atoms with Gasteiger partial charge in [0, 0.05) is 19.6 Å². The summed E-state index contributed by atoms with van der Waals surface area (Å²) in [5, 5.41) is 0. The molecule has 0 N–H and O–H groups in total. The predicted molar refractivity (Wildman–Crippen MR) is 98.1 cm³/mol. The van der Waals surface area contributed by atoms with Crippen molar-refractivity contribution in [3.05, 3.63) is 29.8 Å². The lowest BCUT2D eigenvalue weighted by molar-refractivity contribution is -0.132. The van der Waals surface area contributed by atoms with Gasteiger partial charge in [-0.05, 0) is 63.3 Å². The van der Waals surface area contributed by atoms with Crippen LogP contribution in [0.3, 0.4) is 0 Å². The van der Waals surface area contributed by atoms with Gasteiger partial charge in [0.1, 0.15) is 5.75 Å². The SMILES string of the molecule is CCOc1ccc(CN(C)C(=O)CN(C)C2CCC(C)CC2)cc1. The zero-order valence-electron chi connectivity index (χ0n) is 15.6. The number of amides is 1. The van der Waals surface area contributed by atoms with Crippen LogP contribution in [0, 0.1) is 5.92 Å². The van der Waals surface area contributed by atoms with E-state index in [2.05, 4.69) is 18.9 Å². The van der Waals surface area contributed by atoms with E-state index in [0.717, 1.165) is 17.2 Å². The van der Waals surface area contributed by atoms with E-state index in [-0.39, 0.29) is 5.91 Å². The minimum Gasteiger partial charge on any atom is -0.494 e. The Balaban J connectivity index is 1.80. The first-order chi connectivity index (χ1) is 11.5. The zero-order chi connectivity index (χ0) is 17.5. The van der Waals surface area contributed by atoms with Gasteiger partial charge in [0.05, 0.1) is 13.2 Å². The number of carbonyl (C=O) groups excluding carboxylic acids is 1. The number of hydrogen-bond acceptors (Lipinski definition) is 3. The predicted octanol–water partition coefficient (Wildman–Crippen LogP) is 3.55. The molecule has 1 aromatic carbocycles. The Morgan fingerprint density at radius 2 is 1.75 bits per heavy atom. The maximum Gasteiger partial charge on any atom is 0.236 e. The molecule has 134 valence electrons. The molecule has 0 aliphatic heterocycles. The van der Waals surface area contributed by atoms with Crippen LogP contribution in [0.25, 0.3) is 0 Å². The second-order valence-electron chi connectivity index (χ2n) is 7.16. The number of rotatable bonds is 7. The van der Waals surface area contributed by atoms with Gasteiger partial charge in [0.25, 0.3) is 0 Å². The molecule has 1 aromatic rings. The van der Waals surface area contributed by atoms with Gasteiger partial charge in [-0.3, -0.25) is 9.69 Å². The molecule has 4 heteroatoms. The van der Waals surface area contributed by atoms with Gasteiger partial charge in [0.15, 0.2) is 0 Å². The molecule has 0 saturated heterocycles.